The molecule has 3 aromatic rings. The normalized spacial score (nSPS) is 11.4. The molecule has 0 bridgehead atoms. The molecule has 0 saturated carbocycles. The Morgan fingerprint density at radius 2 is 2.15 bits per heavy atom. The maximum Gasteiger partial charge on any atom is 0.207 e. The van der Waals surface area contributed by atoms with Crippen molar-refractivity contribution in [2.24, 2.45) is 0 Å². The molecule has 0 aliphatic carbocycles. The Morgan fingerprint density at radius 3 is 2.80 bits per heavy atom. The Hall–Kier alpha value is -1.89. The summed E-state index contributed by atoms with van der Waals surface area (Å²) in [6.45, 7) is 4.60. The fraction of sp³-hybridized carbons (Fsp3) is 0.231. The Balaban J connectivity index is 2.34. The summed E-state index contributed by atoms with van der Waals surface area (Å²) in [5.74, 6) is 0.0464. The van der Waals surface area contributed by atoms with Crippen LogP contribution >= 0.6 is 15.9 Å². The van der Waals surface area contributed by atoms with Crippen LogP contribution in [-0.2, 0) is 6.54 Å². The largest absolute Gasteiger partial charge is 0.369 e. The second-order valence-electron chi connectivity index (χ2n) is 4.48. The van der Waals surface area contributed by atoms with E-state index in [9.17, 15) is 4.39 Å². The van der Waals surface area contributed by atoms with Gasteiger partial charge in [-0.2, -0.15) is 5.10 Å². The van der Waals surface area contributed by atoms with Crippen LogP contribution in [0.4, 0.5) is 10.3 Å². The summed E-state index contributed by atoms with van der Waals surface area (Å²) in [6, 6.07) is 4.74. The molecule has 0 saturated heterocycles. The van der Waals surface area contributed by atoms with Crippen LogP contribution < -0.4 is 5.73 Å². The number of anilines is 1. The zero-order valence-corrected chi connectivity index (χ0v) is 12.6. The molecule has 0 atom stereocenters. The highest BCUT2D eigenvalue weighted by molar-refractivity contribution is 9.10. The summed E-state index contributed by atoms with van der Waals surface area (Å²) >= 11 is 3.19. The van der Waals surface area contributed by atoms with Crippen LogP contribution in [0, 0.1) is 12.7 Å². The molecule has 20 heavy (non-hydrogen) atoms. The first-order valence-corrected chi connectivity index (χ1v) is 6.99. The van der Waals surface area contributed by atoms with Crippen LogP contribution in [-0.4, -0.2) is 19.3 Å². The molecule has 2 aromatic heterocycles. The fourth-order valence-corrected chi connectivity index (χ4v) is 2.65. The van der Waals surface area contributed by atoms with Crippen molar-refractivity contribution in [3.05, 3.63) is 34.2 Å². The summed E-state index contributed by atoms with van der Waals surface area (Å²) in [5.41, 5.74) is 9.17. The molecule has 0 unspecified atom stereocenters. The molecule has 0 fully saturated rings. The molecule has 0 aliphatic rings. The molecule has 0 radical (unpaired) electrons. The van der Waals surface area contributed by atoms with Gasteiger partial charge in [0.25, 0.3) is 0 Å². The molecule has 0 aliphatic heterocycles. The lowest BCUT2D eigenvalue weighted by Crippen LogP contribution is -2.06. The minimum Gasteiger partial charge on any atom is -0.369 e. The van der Waals surface area contributed by atoms with Crippen molar-refractivity contribution >= 4 is 33.0 Å². The van der Waals surface area contributed by atoms with Crippen molar-refractivity contribution in [3.63, 3.8) is 0 Å². The molecule has 7 heteroatoms. The predicted molar refractivity (Wildman–Crippen MR) is 79.3 cm³/mol. The van der Waals surface area contributed by atoms with Crippen molar-refractivity contribution in [2.75, 3.05) is 5.73 Å². The number of hydrogen-bond donors (Lipinski definition) is 1. The first-order valence-electron chi connectivity index (χ1n) is 6.19. The number of benzene rings is 1. The number of nitrogen functional groups attached to an aromatic ring is 1. The molecule has 3 rings (SSSR count). The number of nitrogens with zero attached hydrogens (tertiary/aromatic N) is 4. The van der Waals surface area contributed by atoms with E-state index in [2.05, 4.69) is 26.0 Å². The topological polar surface area (TPSA) is 61.7 Å². The highest BCUT2D eigenvalue weighted by Crippen LogP contribution is 2.27. The average Bonchev–Trinajstić information content (AvgIpc) is 2.90. The molecular weight excluding hydrogens is 325 g/mol. The maximum absolute atomic E-state index is 13.4. The molecule has 104 valence electrons. The number of halogens is 2. The third-order valence-electron chi connectivity index (χ3n) is 3.20. The van der Waals surface area contributed by atoms with Crippen molar-refractivity contribution in [1.82, 2.24) is 19.3 Å². The van der Waals surface area contributed by atoms with Gasteiger partial charge in [-0.1, -0.05) is 0 Å². The summed E-state index contributed by atoms with van der Waals surface area (Å²) in [6.07, 6.45) is 0. The number of hydrogen-bond acceptors (Lipinski definition) is 3. The van der Waals surface area contributed by atoms with E-state index in [1.165, 1.54) is 6.07 Å². The van der Waals surface area contributed by atoms with E-state index in [1.807, 2.05) is 18.5 Å². The van der Waals surface area contributed by atoms with E-state index in [0.29, 0.717) is 17.0 Å². The van der Waals surface area contributed by atoms with Gasteiger partial charge in [0.05, 0.1) is 15.9 Å². The van der Waals surface area contributed by atoms with Gasteiger partial charge >= 0.3 is 0 Å². The van der Waals surface area contributed by atoms with Crippen molar-refractivity contribution in [3.8, 4) is 5.69 Å². The molecular formula is C13H13BrFN5. The summed E-state index contributed by atoms with van der Waals surface area (Å²) in [7, 11) is 0. The number of imidazole rings is 1. The van der Waals surface area contributed by atoms with E-state index in [4.69, 9.17) is 5.73 Å². The van der Waals surface area contributed by atoms with Crippen molar-refractivity contribution in [2.45, 2.75) is 20.4 Å². The monoisotopic (exact) mass is 337 g/mol. The molecule has 2 N–H and O–H groups in total. The van der Waals surface area contributed by atoms with Gasteiger partial charge < -0.3 is 5.73 Å². The quantitative estimate of drug-likeness (QED) is 0.781. The molecule has 2 heterocycles. The van der Waals surface area contributed by atoms with Crippen LogP contribution in [0.25, 0.3) is 16.9 Å². The van der Waals surface area contributed by atoms with Gasteiger partial charge in [-0.3, -0.25) is 4.57 Å². The third kappa shape index (κ3) is 1.81. The van der Waals surface area contributed by atoms with Gasteiger partial charge in [0, 0.05) is 6.54 Å². The fourth-order valence-electron chi connectivity index (χ4n) is 2.28. The standard InChI is InChI=1S/C13H13BrFN5/c1-3-19-12-11(7(2)18-19)17-13(16)20(12)8-4-5-10(15)9(14)6-8/h4-6H,3H2,1-2H3,(H2,16,17). The van der Waals surface area contributed by atoms with Crippen LogP contribution in [0.1, 0.15) is 12.6 Å². The predicted octanol–water partition coefficient (Wildman–Crippen LogP) is 3.03. The Morgan fingerprint density at radius 1 is 1.40 bits per heavy atom. The summed E-state index contributed by atoms with van der Waals surface area (Å²) in [5, 5.41) is 4.43. The summed E-state index contributed by atoms with van der Waals surface area (Å²) in [4.78, 5) is 4.36. The van der Waals surface area contributed by atoms with E-state index in [-0.39, 0.29) is 5.82 Å². The van der Waals surface area contributed by atoms with E-state index in [1.54, 1.807) is 16.7 Å². The molecule has 5 nitrogen and oxygen atoms in total. The lowest BCUT2D eigenvalue weighted by Gasteiger charge is -2.08. The van der Waals surface area contributed by atoms with Gasteiger partial charge in [-0.05, 0) is 48.0 Å². The summed E-state index contributed by atoms with van der Waals surface area (Å²) < 4.78 is 17.4. The molecule has 1 aromatic carbocycles. The number of fused-ring (bicyclic) bond motifs is 1. The lowest BCUT2D eigenvalue weighted by atomic mass is 10.3. The molecule has 0 amide bonds. The average molecular weight is 338 g/mol. The van der Waals surface area contributed by atoms with E-state index in [0.717, 1.165) is 22.5 Å². The van der Waals surface area contributed by atoms with Gasteiger partial charge in [0.15, 0.2) is 5.65 Å². The van der Waals surface area contributed by atoms with E-state index < -0.39 is 0 Å². The van der Waals surface area contributed by atoms with Crippen molar-refractivity contribution < 1.29 is 4.39 Å². The Labute approximate surface area is 123 Å². The van der Waals surface area contributed by atoms with Crippen molar-refractivity contribution in [1.29, 1.82) is 0 Å². The second kappa shape index (κ2) is 4.59. The number of aromatic nitrogens is 4. The lowest BCUT2D eigenvalue weighted by molar-refractivity contribution is 0.620. The van der Waals surface area contributed by atoms with Gasteiger partial charge in [0.2, 0.25) is 5.95 Å². The van der Waals surface area contributed by atoms with Gasteiger partial charge in [-0.25, -0.2) is 14.1 Å². The van der Waals surface area contributed by atoms with Crippen LogP contribution in [0.15, 0.2) is 22.7 Å². The van der Waals surface area contributed by atoms with Crippen LogP contribution in [0.2, 0.25) is 0 Å². The smallest absolute Gasteiger partial charge is 0.207 e. The Kier molecular flexibility index (Phi) is 3.01. The Bertz CT molecular complexity index is 805. The van der Waals surface area contributed by atoms with Crippen LogP contribution in [0.5, 0.6) is 0 Å². The van der Waals surface area contributed by atoms with Gasteiger partial charge in [-0.15, -0.1) is 0 Å². The SMILES string of the molecule is CCn1nc(C)c2nc(N)n(-c3ccc(F)c(Br)c3)c21. The second-order valence-corrected chi connectivity index (χ2v) is 5.33. The minimum absolute atomic E-state index is 0.316. The van der Waals surface area contributed by atoms with E-state index >= 15 is 0 Å². The first-order chi connectivity index (χ1) is 9.52. The van der Waals surface area contributed by atoms with Crippen LogP contribution in [0.3, 0.4) is 0 Å². The molecule has 0 spiro atoms. The highest BCUT2D eigenvalue weighted by atomic mass is 79.9. The number of nitrogens with two attached hydrogens (primary N) is 1. The highest BCUT2D eigenvalue weighted by Gasteiger charge is 2.18. The number of aryl methyl sites for hydroxylation is 2. The zero-order chi connectivity index (χ0) is 14.4. The number of rotatable bonds is 2. The third-order valence-corrected chi connectivity index (χ3v) is 3.81. The minimum atomic E-state index is -0.316. The maximum atomic E-state index is 13.4. The van der Waals surface area contributed by atoms with Gasteiger partial charge in [0.1, 0.15) is 11.3 Å². The zero-order valence-electron chi connectivity index (χ0n) is 11.1. The first kappa shape index (κ1) is 13.1.